The minimum absolute atomic E-state index is 0.0258. The monoisotopic (exact) mass is 251 g/mol. The normalized spacial score (nSPS) is 9.83. The molecule has 0 aromatic heterocycles. The quantitative estimate of drug-likeness (QED) is 0.734. The highest BCUT2D eigenvalue weighted by molar-refractivity contribution is 5.79. The summed E-state index contributed by atoms with van der Waals surface area (Å²) in [5, 5.41) is 0. The maximum Gasteiger partial charge on any atom is 0.306 e. The molecular formula is C13H17NO4. The molecule has 18 heavy (non-hydrogen) atoms. The predicted molar refractivity (Wildman–Crippen MR) is 66.1 cm³/mol. The SMILES string of the molecule is COc1cccc(CCOC(=O)CCC(N)=O)c1. The maximum atomic E-state index is 11.2. The van der Waals surface area contributed by atoms with Gasteiger partial charge in [0.05, 0.1) is 20.1 Å². The third-order valence-corrected chi connectivity index (χ3v) is 2.36. The molecule has 0 saturated carbocycles. The number of ether oxygens (including phenoxy) is 2. The molecule has 5 nitrogen and oxygen atoms in total. The molecule has 0 bridgehead atoms. The molecule has 1 rings (SSSR count). The Morgan fingerprint density at radius 1 is 1.28 bits per heavy atom. The summed E-state index contributed by atoms with van der Waals surface area (Å²) in [6.07, 6.45) is 0.672. The molecule has 0 aliphatic heterocycles. The summed E-state index contributed by atoms with van der Waals surface area (Å²) in [5.41, 5.74) is 5.96. The van der Waals surface area contributed by atoms with E-state index in [1.165, 1.54) is 0 Å². The van der Waals surface area contributed by atoms with Crippen LogP contribution in [0.3, 0.4) is 0 Å². The summed E-state index contributed by atoms with van der Waals surface area (Å²) >= 11 is 0. The van der Waals surface area contributed by atoms with Gasteiger partial charge in [0, 0.05) is 12.8 Å². The van der Waals surface area contributed by atoms with Crippen molar-refractivity contribution in [1.29, 1.82) is 0 Å². The molecule has 0 radical (unpaired) electrons. The lowest BCUT2D eigenvalue weighted by Gasteiger charge is -2.06. The van der Waals surface area contributed by atoms with Crippen LogP contribution in [0.25, 0.3) is 0 Å². The number of primary amides is 1. The Labute approximate surface area is 106 Å². The number of benzene rings is 1. The van der Waals surface area contributed by atoms with E-state index in [-0.39, 0.29) is 19.4 Å². The summed E-state index contributed by atoms with van der Waals surface area (Å²) < 4.78 is 10.1. The Hall–Kier alpha value is -2.04. The number of methoxy groups -OCH3 is 1. The van der Waals surface area contributed by atoms with Crippen molar-refractivity contribution in [2.75, 3.05) is 13.7 Å². The van der Waals surface area contributed by atoms with Gasteiger partial charge in [-0.15, -0.1) is 0 Å². The van der Waals surface area contributed by atoms with Crippen molar-refractivity contribution in [3.63, 3.8) is 0 Å². The molecule has 0 spiro atoms. The number of esters is 1. The second-order valence-electron chi connectivity index (χ2n) is 3.79. The molecular weight excluding hydrogens is 234 g/mol. The Kier molecular flexibility index (Phi) is 5.70. The van der Waals surface area contributed by atoms with Crippen LogP contribution in [-0.4, -0.2) is 25.6 Å². The number of rotatable bonds is 7. The maximum absolute atomic E-state index is 11.2. The zero-order valence-corrected chi connectivity index (χ0v) is 10.3. The second-order valence-corrected chi connectivity index (χ2v) is 3.79. The highest BCUT2D eigenvalue weighted by Gasteiger charge is 2.05. The number of hydrogen-bond acceptors (Lipinski definition) is 4. The van der Waals surface area contributed by atoms with Gasteiger partial charge in [-0.25, -0.2) is 0 Å². The van der Waals surface area contributed by atoms with Crippen LogP contribution in [0.2, 0.25) is 0 Å². The average Bonchev–Trinajstić information content (AvgIpc) is 2.36. The van der Waals surface area contributed by atoms with Crippen molar-refractivity contribution < 1.29 is 19.1 Å². The summed E-state index contributed by atoms with van der Waals surface area (Å²) in [4.78, 5) is 21.7. The average molecular weight is 251 g/mol. The lowest BCUT2D eigenvalue weighted by Crippen LogP contribution is -2.14. The summed E-state index contributed by atoms with van der Waals surface area (Å²) in [6, 6.07) is 7.54. The zero-order chi connectivity index (χ0) is 13.4. The van der Waals surface area contributed by atoms with Crippen molar-refractivity contribution in [2.45, 2.75) is 19.3 Å². The number of nitrogens with two attached hydrogens (primary N) is 1. The molecule has 0 atom stereocenters. The molecule has 0 aliphatic rings. The van der Waals surface area contributed by atoms with E-state index in [9.17, 15) is 9.59 Å². The molecule has 0 saturated heterocycles. The third kappa shape index (κ3) is 5.34. The zero-order valence-electron chi connectivity index (χ0n) is 10.3. The first-order valence-corrected chi connectivity index (χ1v) is 5.68. The molecule has 0 fully saturated rings. The van der Waals surface area contributed by atoms with Crippen molar-refractivity contribution in [2.24, 2.45) is 5.73 Å². The fourth-order valence-electron chi connectivity index (χ4n) is 1.41. The largest absolute Gasteiger partial charge is 0.497 e. The van der Waals surface area contributed by atoms with Crippen LogP contribution in [0.5, 0.6) is 5.75 Å². The standard InChI is InChI=1S/C13H17NO4/c1-17-11-4-2-3-10(9-11)7-8-18-13(16)6-5-12(14)15/h2-4,9H,5-8H2,1H3,(H2,14,15). The second kappa shape index (κ2) is 7.32. The van der Waals surface area contributed by atoms with Crippen molar-refractivity contribution in [1.82, 2.24) is 0 Å². The van der Waals surface area contributed by atoms with Crippen LogP contribution in [0.1, 0.15) is 18.4 Å². The van der Waals surface area contributed by atoms with Gasteiger partial charge in [-0.3, -0.25) is 9.59 Å². The molecule has 98 valence electrons. The lowest BCUT2D eigenvalue weighted by atomic mass is 10.1. The van der Waals surface area contributed by atoms with Gasteiger partial charge in [-0.05, 0) is 17.7 Å². The molecule has 0 unspecified atom stereocenters. The van der Waals surface area contributed by atoms with Crippen LogP contribution in [0.15, 0.2) is 24.3 Å². The number of amides is 1. The van der Waals surface area contributed by atoms with Crippen LogP contribution >= 0.6 is 0 Å². The summed E-state index contributed by atoms with van der Waals surface area (Å²) in [7, 11) is 1.60. The van der Waals surface area contributed by atoms with Crippen LogP contribution in [0.4, 0.5) is 0 Å². The molecule has 1 aromatic carbocycles. The van der Waals surface area contributed by atoms with E-state index in [0.29, 0.717) is 6.42 Å². The van der Waals surface area contributed by atoms with Gasteiger partial charge < -0.3 is 15.2 Å². The minimum atomic E-state index is -0.500. The fraction of sp³-hybridized carbons (Fsp3) is 0.385. The van der Waals surface area contributed by atoms with E-state index in [1.54, 1.807) is 7.11 Å². The third-order valence-electron chi connectivity index (χ3n) is 2.36. The molecule has 0 aliphatic carbocycles. The summed E-state index contributed by atoms with van der Waals surface area (Å²) in [5.74, 6) is -0.135. The van der Waals surface area contributed by atoms with Gasteiger partial charge in [0.15, 0.2) is 0 Å². The van der Waals surface area contributed by atoms with E-state index in [4.69, 9.17) is 15.2 Å². The molecule has 2 N–H and O–H groups in total. The van der Waals surface area contributed by atoms with Crippen molar-refractivity contribution in [3.05, 3.63) is 29.8 Å². The van der Waals surface area contributed by atoms with Gasteiger partial charge in [-0.2, -0.15) is 0 Å². The van der Waals surface area contributed by atoms with E-state index in [1.807, 2.05) is 24.3 Å². The number of carbonyl (C=O) groups is 2. The number of hydrogen-bond donors (Lipinski definition) is 1. The van der Waals surface area contributed by atoms with E-state index in [2.05, 4.69) is 0 Å². The van der Waals surface area contributed by atoms with Crippen LogP contribution in [0, 0.1) is 0 Å². The number of carbonyl (C=O) groups excluding carboxylic acids is 2. The van der Waals surface area contributed by atoms with Gasteiger partial charge in [-0.1, -0.05) is 12.1 Å². The molecule has 1 amide bonds. The Morgan fingerprint density at radius 2 is 2.06 bits per heavy atom. The highest BCUT2D eigenvalue weighted by Crippen LogP contribution is 2.12. The predicted octanol–water partition coefficient (Wildman–Crippen LogP) is 1.05. The Morgan fingerprint density at radius 3 is 2.72 bits per heavy atom. The minimum Gasteiger partial charge on any atom is -0.497 e. The van der Waals surface area contributed by atoms with Gasteiger partial charge in [0.1, 0.15) is 5.75 Å². The topological polar surface area (TPSA) is 78.6 Å². The van der Waals surface area contributed by atoms with E-state index >= 15 is 0 Å². The smallest absolute Gasteiger partial charge is 0.306 e. The van der Waals surface area contributed by atoms with Gasteiger partial charge >= 0.3 is 5.97 Å². The Balaban J connectivity index is 2.28. The van der Waals surface area contributed by atoms with E-state index in [0.717, 1.165) is 11.3 Å². The fourth-order valence-corrected chi connectivity index (χ4v) is 1.41. The van der Waals surface area contributed by atoms with Crippen LogP contribution < -0.4 is 10.5 Å². The van der Waals surface area contributed by atoms with Crippen LogP contribution in [-0.2, 0) is 20.7 Å². The van der Waals surface area contributed by atoms with Crippen molar-refractivity contribution >= 4 is 11.9 Å². The molecule has 5 heteroatoms. The first kappa shape index (κ1) is 14.0. The highest BCUT2D eigenvalue weighted by atomic mass is 16.5. The van der Waals surface area contributed by atoms with E-state index < -0.39 is 11.9 Å². The molecule has 1 aromatic rings. The Bertz CT molecular complexity index is 417. The molecule has 0 heterocycles. The van der Waals surface area contributed by atoms with Gasteiger partial charge in [0.2, 0.25) is 5.91 Å². The van der Waals surface area contributed by atoms with Gasteiger partial charge in [0.25, 0.3) is 0 Å². The first-order chi connectivity index (χ1) is 8.61. The first-order valence-electron chi connectivity index (χ1n) is 5.68. The lowest BCUT2D eigenvalue weighted by molar-refractivity contribution is -0.144. The van der Waals surface area contributed by atoms with Crippen molar-refractivity contribution in [3.8, 4) is 5.75 Å². The summed E-state index contributed by atoms with van der Waals surface area (Å²) in [6.45, 7) is 0.283.